The zero-order valence-electron chi connectivity index (χ0n) is 14.2. The summed E-state index contributed by atoms with van der Waals surface area (Å²) >= 11 is 0. The van der Waals surface area contributed by atoms with Gasteiger partial charge < -0.3 is 20.9 Å². The molecule has 0 unspecified atom stereocenters. The Morgan fingerprint density at radius 1 is 1.09 bits per heavy atom. The Kier molecular flexibility index (Phi) is 4.80. The van der Waals surface area contributed by atoms with E-state index in [1.54, 1.807) is 0 Å². The van der Waals surface area contributed by atoms with Crippen LogP contribution in [-0.2, 0) is 4.79 Å². The molecular weight excluding hydrogens is 292 g/mol. The van der Waals surface area contributed by atoms with Crippen LogP contribution in [-0.4, -0.2) is 55.1 Å². The molecule has 0 radical (unpaired) electrons. The van der Waals surface area contributed by atoms with Crippen LogP contribution in [0.5, 0.6) is 0 Å². The van der Waals surface area contributed by atoms with Crippen LogP contribution in [0.2, 0.25) is 0 Å². The van der Waals surface area contributed by atoms with Crippen molar-refractivity contribution in [2.75, 3.05) is 32.7 Å². The first kappa shape index (κ1) is 16.6. The minimum atomic E-state index is -0.669. The van der Waals surface area contributed by atoms with Crippen molar-refractivity contribution in [3.05, 3.63) is 0 Å². The Bertz CT molecular complexity index is 444. The fraction of sp³-hybridized carbons (Fsp3) is 0.882. The van der Waals surface area contributed by atoms with Crippen LogP contribution in [0.15, 0.2) is 0 Å². The van der Waals surface area contributed by atoms with Crippen LogP contribution < -0.4 is 16.0 Å². The number of piperidine rings is 1. The lowest BCUT2D eigenvalue weighted by Crippen LogP contribution is -2.61. The average molecular weight is 322 g/mol. The predicted octanol–water partition coefficient (Wildman–Crippen LogP) is 1.22. The van der Waals surface area contributed by atoms with Crippen LogP contribution in [0.3, 0.4) is 0 Å². The smallest absolute Gasteiger partial charge is 0.315 e. The highest BCUT2D eigenvalue weighted by molar-refractivity contribution is 5.91. The second-order valence-corrected chi connectivity index (χ2v) is 7.49. The number of nitrogens with one attached hydrogen (secondary N) is 3. The molecule has 6 nitrogen and oxygen atoms in total. The molecule has 0 aromatic carbocycles. The molecule has 1 aliphatic carbocycles. The Morgan fingerprint density at radius 3 is 2.35 bits per heavy atom. The first-order chi connectivity index (χ1) is 11.1. The number of hydrogen-bond acceptors (Lipinski definition) is 3. The number of urea groups is 1. The quantitative estimate of drug-likeness (QED) is 0.731. The third-order valence-corrected chi connectivity index (χ3v) is 6.00. The van der Waals surface area contributed by atoms with Crippen molar-refractivity contribution < 1.29 is 9.59 Å². The molecular formula is C17H30N4O2. The Morgan fingerprint density at radius 2 is 1.78 bits per heavy atom. The molecule has 3 fully saturated rings. The number of nitrogens with zero attached hydrogens (tertiary/aromatic N) is 1. The van der Waals surface area contributed by atoms with Gasteiger partial charge in [0.25, 0.3) is 0 Å². The monoisotopic (exact) mass is 322 g/mol. The second-order valence-electron chi connectivity index (χ2n) is 7.49. The summed E-state index contributed by atoms with van der Waals surface area (Å²) in [5.74, 6) is 0.141. The molecule has 0 aromatic heterocycles. The normalized spacial score (nSPS) is 25.5. The molecule has 3 rings (SSSR count). The van der Waals surface area contributed by atoms with E-state index in [1.807, 2.05) is 11.8 Å². The van der Waals surface area contributed by atoms with Gasteiger partial charge in [0.2, 0.25) is 5.91 Å². The maximum atomic E-state index is 13.1. The SMILES string of the molecule is CCNC(=O)NC1(C(=O)N2CCC3(CCNC3)CC2)CCCC1. The number of rotatable bonds is 3. The highest BCUT2D eigenvalue weighted by Crippen LogP contribution is 2.39. The van der Waals surface area contributed by atoms with Gasteiger partial charge in [-0.1, -0.05) is 12.8 Å². The molecule has 6 heteroatoms. The largest absolute Gasteiger partial charge is 0.341 e. The number of carbonyl (C=O) groups excluding carboxylic acids is 2. The van der Waals surface area contributed by atoms with E-state index >= 15 is 0 Å². The summed E-state index contributed by atoms with van der Waals surface area (Å²) in [6.07, 6.45) is 6.97. The molecule has 1 spiro atoms. The minimum absolute atomic E-state index is 0.141. The summed E-state index contributed by atoms with van der Waals surface area (Å²) < 4.78 is 0. The molecule has 3 amide bonds. The number of hydrogen-bond donors (Lipinski definition) is 3. The summed E-state index contributed by atoms with van der Waals surface area (Å²) in [7, 11) is 0. The van der Waals surface area contributed by atoms with Gasteiger partial charge in [-0.25, -0.2) is 4.79 Å². The van der Waals surface area contributed by atoms with Gasteiger partial charge in [-0.15, -0.1) is 0 Å². The van der Waals surface area contributed by atoms with E-state index < -0.39 is 5.54 Å². The maximum Gasteiger partial charge on any atom is 0.315 e. The lowest BCUT2D eigenvalue weighted by molar-refractivity contribution is -0.140. The van der Waals surface area contributed by atoms with E-state index in [9.17, 15) is 9.59 Å². The first-order valence-corrected chi connectivity index (χ1v) is 9.15. The van der Waals surface area contributed by atoms with Gasteiger partial charge in [0.1, 0.15) is 5.54 Å². The van der Waals surface area contributed by atoms with Gasteiger partial charge in [-0.05, 0) is 51.0 Å². The highest BCUT2D eigenvalue weighted by Gasteiger charge is 2.47. The topological polar surface area (TPSA) is 73.5 Å². The summed E-state index contributed by atoms with van der Waals surface area (Å²) in [5, 5.41) is 9.22. The average Bonchev–Trinajstić information content (AvgIpc) is 3.19. The van der Waals surface area contributed by atoms with E-state index in [2.05, 4.69) is 16.0 Å². The third-order valence-electron chi connectivity index (χ3n) is 6.00. The minimum Gasteiger partial charge on any atom is -0.341 e. The van der Waals surface area contributed by atoms with Gasteiger partial charge in [0.05, 0.1) is 0 Å². The van der Waals surface area contributed by atoms with Gasteiger partial charge >= 0.3 is 6.03 Å². The molecule has 0 aromatic rings. The zero-order valence-corrected chi connectivity index (χ0v) is 14.2. The van der Waals surface area contributed by atoms with Crippen LogP contribution >= 0.6 is 0 Å². The Hall–Kier alpha value is -1.30. The van der Waals surface area contributed by atoms with Crippen LogP contribution in [0.4, 0.5) is 4.79 Å². The molecule has 0 atom stereocenters. The number of amides is 3. The lowest BCUT2D eigenvalue weighted by Gasteiger charge is -2.42. The van der Waals surface area contributed by atoms with Crippen LogP contribution in [0, 0.1) is 5.41 Å². The van der Waals surface area contributed by atoms with Crippen LogP contribution in [0.25, 0.3) is 0 Å². The van der Waals surface area contributed by atoms with Crippen molar-refractivity contribution in [1.29, 1.82) is 0 Å². The summed E-state index contributed by atoms with van der Waals surface area (Å²) in [6.45, 7) is 6.34. The standard InChI is InChI=1S/C17H30N4O2/c1-2-19-15(23)20-17(5-3-4-6-17)14(22)21-11-8-16(9-12-21)7-10-18-13-16/h18H,2-13H2,1H3,(H2,19,20,23). The van der Waals surface area contributed by atoms with Crippen molar-refractivity contribution >= 4 is 11.9 Å². The molecule has 3 N–H and O–H groups in total. The maximum absolute atomic E-state index is 13.1. The van der Waals surface area contributed by atoms with Crippen LogP contribution in [0.1, 0.15) is 51.9 Å². The lowest BCUT2D eigenvalue weighted by atomic mass is 9.77. The highest BCUT2D eigenvalue weighted by atomic mass is 16.2. The van der Waals surface area contributed by atoms with Gasteiger partial charge in [0, 0.05) is 26.2 Å². The van der Waals surface area contributed by atoms with Gasteiger partial charge in [-0.3, -0.25) is 4.79 Å². The molecule has 3 aliphatic rings. The molecule has 1 saturated carbocycles. The van der Waals surface area contributed by atoms with E-state index in [-0.39, 0.29) is 11.9 Å². The van der Waals surface area contributed by atoms with Crippen molar-refractivity contribution in [3.63, 3.8) is 0 Å². The number of carbonyl (C=O) groups is 2. The van der Waals surface area contributed by atoms with E-state index in [1.165, 1.54) is 6.42 Å². The third kappa shape index (κ3) is 3.32. The first-order valence-electron chi connectivity index (χ1n) is 9.15. The van der Waals surface area contributed by atoms with Crippen molar-refractivity contribution in [1.82, 2.24) is 20.9 Å². The molecule has 2 aliphatic heterocycles. The fourth-order valence-electron chi connectivity index (χ4n) is 4.50. The van der Waals surface area contributed by atoms with E-state index in [4.69, 9.17) is 0 Å². The molecule has 0 bridgehead atoms. The van der Waals surface area contributed by atoms with Gasteiger partial charge in [-0.2, -0.15) is 0 Å². The zero-order chi connectivity index (χ0) is 16.3. The van der Waals surface area contributed by atoms with Crippen molar-refractivity contribution in [3.8, 4) is 0 Å². The van der Waals surface area contributed by atoms with Gasteiger partial charge in [0.15, 0.2) is 0 Å². The predicted molar refractivity (Wildman–Crippen MR) is 89.1 cm³/mol. The summed E-state index contributed by atoms with van der Waals surface area (Å²) in [6, 6.07) is -0.212. The molecule has 2 saturated heterocycles. The number of likely N-dealkylation sites (tertiary alicyclic amines) is 1. The summed E-state index contributed by atoms with van der Waals surface area (Å²) in [5.41, 5.74) is -0.260. The molecule has 130 valence electrons. The molecule has 23 heavy (non-hydrogen) atoms. The van der Waals surface area contributed by atoms with E-state index in [0.717, 1.165) is 64.7 Å². The van der Waals surface area contributed by atoms with E-state index in [0.29, 0.717) is 12.0 Å². The Balaban J connectivity index is 1.64. The second kappa shape index (κ2) is 6.67. The van der Waals surface area contributed by atoms with Crippen molar-refractivity contribution in [2.24, 2.45) is 5.41 Å². The molecule has 2 heterocycles. The Labute approximate surface area is 138 Å². The fourth-order valence-corrected chi connectivity index (χ4v) is 4.50. The van der Waals surface area contributed by atoms with Crippen molar-refractivity contribution in [2.45, 2.75) is 57.4 Å². The summed E-state index contributed by atoms with van der Waals surface area (Å²) in [4.78, 5) is 27.1.